The monoisotopic (exact) mass is 219 g/mol. The van der Waals surface area contributed by atoms with Crippen molar-refractivity contribution in [2.75, 3.05) is 0 Å². The van der Waals surface area contributed by atoms with Crippen molar-refractivity contribution in [2.24, 2.45) is 17.6 Å². The summed E-state index contributed by atoms with van der Waals surface area (Å²) in [5.74, 6) is -5.77. The number of carboxylic acids is 2. The van der Waals surface area contributed by atoms with Gasteiger partial charge in [-0.1, -0.05) is 0 Å². The fraction of sp³-hybridized carbons (Fsp3) is 0.750. The van der Waals surface area contributed by atoms with Gasteiger partial charge in [-0.25, -0.2) is 9.18 Å². The van der Waals surface area contributed by atoms with Gasteiger partial charge < -0.3 is 21.1 Å². The number of alkyl halides is 1. The van der Waals surface area contributed by atoms with E-state index in [2.05, 4.69) is 0 Å². The van der Waals surface area contributed by atoms with E-state index in [4.69, 9.17) is 15.9 Å². The summed E-state index contributed by atoms with van der Waals surface area (Å²) >= 11 is 0. The second kappa shape index (κ2) is 2.48. The van der Waals surface area contributed by atoms with Gasteiger partial charge in [0.2, 0.25) is 5.67 Å². The highest BCUT2D eigenvalue weighted by molar-refractivity contribution is 5.90. The van der Waals surface area contributed by atoms with Gasteiger partial charge in [0.25, 0.3) is 0 Å². The highest BCUT2D eigenvalue weighted by atomic mass is 19.1. The molecule has 0 aliphatic heterocycles. The number of nitrogens with two attached hydrogens (primary N) is 1. The molecule has 0 bridgehead atoms. The fourth-order valence-electron chi connectivity index (χ4n) is 2.68. The van der Waals surface area contributed by atoms with Crippen molar-refractivity contribution in [2.45, 2.75) is 23.7 Å². The summed E-state index contributed by atoms with van der Waals surface area (Å²) in [5.41, 5.74) is 0.763. The largest absolute Gasteiger partial charge is 0.480 e. The molecule has 1 unspecified atom stereocenters. The molecule has 2 aliphatic rings. The van der Waals surface area contributed by atoms with Gasteiger partial charge in [0.15, 0.2) is 0 Å². The number of hydrogen-bond donors (Lipinski definition) is 4. The topological polar surface area (TPSA) is 121 Å². The van der Waals surface area contributed by atoms with Gasteiger partial charge in [-0.15, -0.1) is 0 Å². The Morgan fingerprint density at radius 3 is 2.20 bits per heavy atom. The highest BCUT2D eigenvalue weighted by Gasteiger charge is 2.85. The van der Waals surface area contributed by atoms with E-state index in [-0.39, 0.29) is 6.42 Å². The maximum atomic E-state index is 13.7. The number of carboxylic acid groups (broad SMARTS) is 2. The van der Waals surface area contributed by atoms with Crippen molar-refractivity contribution in [1.82, 2.24) is 0 Å². The van der Waals surface area contributed by atoms with Gasteiger partial charge >= 0.3 is 11.9 Å². The molecule has 0 heterocycles. The molecule has 0 amide bonds. The van der Waals surface area contributed by atoms with Gasteiger partial charge in [-0.05, 0) is 0 Å². The highest BCUT2D eigenvalue weighted by Crippen LogP contribution is 2.66. The third-order valence-corrected chi connectivity index (χ3v) is 3.43. The van der Waals surface area contributed by atoms with E-state index in [1.165, 1.54) is 0 Å². The lowest BCUT2D eigenvalue weighted by Gasteiger charge is -2.24. The van der Waals surface area contributed by atoms with E-state index in [1.54, 1.807) is 0 Å². The molecule has 2 fully saturated rings. The predicted octanol–water partition coefficient (Wildman–Crippen LogP) is -1.43. The van der Waals surface area contributed by atoms with E-state index in [0.29, 0.717) is 0 Å². The summed E-state index contributed by atoms with van der Waals surface area (Å²) in [7, 11) is 0. The molecule has 2 rings (SSSR count). The molecule has 15 heavy (non-hydrogen) atoms. The van der Waals surface area contributed by atoms with Crippen LogP contribution in [0.15, 0.2) is 0 Å². The van der Waals surface area contributed by atoms with E-state index in [1.807, 2.05) is 0 Å². The first-order chi connectivity index (χ1) is 6.76. The lowest BCUT2D eigenvalue weighted by Crippen LogP contribution is -2.53. The Kier molecular flexibility index (Phi) is 1.70. The molecule has 0 radical (unpaired) electrons. The van der Waals surface area contributed by atoms with Crippen LogP contribution in [0.5, 0.6) is 0 Å². The van der Waals surface area contributed by atoms with Crippen molar-refractivity contribution < 1.29 is 29.3 Å². The molecule has 5 N–H and O–H groups in total. The Morgan fingerprint density at radius 2 is 1.87 bits per heavy atom. The maximum Gasteiger partial charge on any atom is 0.342 e. The van der Waals surface area contributed by atoms with E-state index >= 15 is 0 Å². The molecule has 0 aromatic carbocycles. The molecule has 2 saturated carbocycles. The number of halogens is 1. The lowest BCUT2D eigenvalue weighted by atomic mass is 9.90. The third-order valence-electron chi connectivity index (χ3n) is 3.43. The van der Waals surface area contributed by atoms with Crippen molar-refractivity contribution >= 4 is 11.9 Å². The Balaban J connectivity index is 2.37. The zero-order chi connectivity index (χ0) is 11.6. The first-order valence-corrected chi connectivity index (χ1v) is 4.39. The number of carbonyl (C=O) groups is 2. The van der Waals surface area contributed by atoms with Crippen LogP contribution in [0.4, 0.5) is 4.39 Å². The zero-order valence-corrected chi connectivity index (χ0v) is 7.55. The average Bonchev–Trinajstić information content (AvgIpc) is 2.63. The van der Waals surface area contributed by atoms with Crippen LogP contribution in [0.2, 0.25) is 0 Å². The predicted molar refractivity (Wildman–Crippen MR) is 43.6 cm³/mol. The Labute approximate surface area is 83.5 Å². The van der Waals surface area contributed by atoms with Gasteiger partial charge in [0, 0.05) is 18.3 Å². The number of rotatable bonds is 2. The van der Waals surface area contributed by atoms with Gasteiger partial charge in [0.05, 0.1) is 6.10 Å². The van der Waals surface area contributed by atoms with Crippen LogP contribution >= 0.6 is 0 Å². The second-order valence-electron chi connectivity index (χ2n) is 4.19. The van der Waals surface area contributed by atoms with Crippen molar-refractivity contribution in [3.8, 4) is 0 Å². The normalized spacial score (nSPS) is 52.3. The SMILES string of the molecule is N[C@]1(C(=O)O)C[C@H](O)[C@@H]2C1[C@@]2(F)C(=O)O. The smallest absolute Gasteiger partial charge is 0.342 e. The summed E-state index contributed by atoms with van der Waals surface area (Å²) < 4.78 is 13.7. The van der Waals surface area contributed by atoms with Crippen LogP contribution in [0.3, 0.4) is 0 Å². The van der Waals surface area contributed by atoms with Crippen molar-refractivity contribution in [3.05, 3.63) is 0 Å². The van der Waals surface area contributed by atoms with Crippen LogP contribution in [0.25, 0.3) is 0 Å². The summed E-state index contributed by atoms with van der Waals surface area (Å²) in [5, 5.41) is 26.8. The number of fused-ring (bicyclic) bond motifs is 1. The molecule has 2 aliphatic carbocycles. The van der Waals surface area contributed by atoms with Gasteiger partial charge in [-0.3, -0.25) is 4.79 Å². The van der Waals surface area contributed by atoms with E-state index in [0.717, 1.165) is 0 Å². The summed E-state index contributed by atoms with van der Waals surface area (Å²) in [6.45, 7) is 0. The minimum Gasteiger partial charge on any atom is -0.480 e. The second-order valence-corrected chi connectivity index (χ2v) is 4.19. The summed E-state index contributed by atoms with van der Waals surface area (Å²) in [6.07, 6.45) is -1.62. The van der Waals surface area contributed by atoms with Crippen LogP contribution in [0.1, 0.15) is 6.42 Å². The fourth-order valence-corrected chi connectivity index (χ4v) is 2.68. The lowest BCUT2D eigenvalue weighted by molar-refractivity contribution is -0.151. The van der Waals surface area contributed by atoms with E-state index in [9.17, 15) is 19.1 Å². The molecule has 0 aromatic rings. The standard InChI is InChI=1S/C8H10FNO5/c9-8(6(14)15)3-2(11)1-7(10,4(3)8)5(12)13/h2-4,11H,1,10H2,(H,12,13)(H,14,15)/t2-,3+,4?,7+,8+/m0/s1. The molecule has 6 nitrogen and oxygen atoms in total. The minimum absolute atomic E-state index is 0.309. The van der Waals surface area contributed by atoms with Gasteiger partial charge in [0.1, 0.15) is 5.54 Å². The molecule has 0 spiro atoms. The molecular weight excluding hydrogens is 209 g/mol. The Hall–Kier alpha value is -1.21. The van der Waals surface area contributed by atoms with Crippen LogP contribution in [-0.2, 0) is 9.59 Å². The number of aliphatic hydroxyl groups excluding tert-OH is 1. The summed E-state index contributed by atoms with van der Waals surface area (Å²) in [6, 6.07) is 0. The average molecular weight is 219 g/mol. The molecular formula is C8H10FNO5. The number of aliphatic hydroxyl groups is 1. The summed E-state index contributed by atoms with van der Waals surface area (Å²) in [4.78, 5) is 21.4. The zero-order valence-electron chi connectivity index (χ0n) is 7.55. The van der Waals surface area contributed by atoms with Crippen LogP contribution in [-0.4, -0.2) is 44.6 Å². The first-order valence-electron chi connectivity index (χ1n) is 4.39. The number of hydrogen-bond acceptors (Lipinski definition) is 4. The Morgan fingerprint density at radius 1 is 1.33 bits per heavy atom. The molecule has 5 atom stereocenters. The number of aliphatic carboxylic acids is 2. The van der Waals surface area contributed by atoms with E-state index < -0.39 is 41.1 Å². The molecule has 0 aromatic heterocycles. The maximum absolute atomic E-state index is 13.7. The molecule has 0 saturated heterocycles. The van der Waals surface area contributed by atoms with Crippen molar-refractivity contribution in [1.29, 1.82) is 0 Å². The Bertz CT molecular complexity index is 361. The quantitative estimate of drug-likeness (QED) is 0.452. The van der Waals surface area contributed by atoms with Crippen molar-refractivity contribution in [3.63, 3.8) is 0 Å². The van der Waals surface area contributed by atoms with Gasteiger partial charge in [-0.2, -0.15) is 0 Å². The molecule has 84 valence electrons. The third kappa shape index (κ3) is 0.941. The first kappa shape index (κ1) is 10.3. The molecule has 7 heteroatoms. The minimum atomic E-state index is -2.69. The van der Waals surface area contributed by atoms with Crippen LogP contribution < -0.4 is 5.73 Å². The van der Waals surface area contributed by atoms with Crippen LogP contribution in [0, 0.1) is 11.8 Å².